The molecule has 2 atom stereocenters. The van der Waals surface area contributed by atoms with Gasteiger partial charge >= 0.3 is 0 Å². The second kappa shape index (κ2) is 7.26. The van der Waals surface area contributed by atoms with Gasteiger partial charge in [-0.25, -0.2) is 9.66 Å². The second-order valence-corrected chi connectivity index (χ2v) is 10.7. The van der Waals surface area contributed by atoms with E-state index in [0.717, 1.165) is 34.4 Å². The second-order valence-electron chi connectivity index (χ2n) is 7.40. The monoisotopic (exact) mass is 444 g/mol. The van der Waals surface area contributed by atoms with Crippen molar-refractivity contribution in [3.05, 3.63) is 44.1 Å². The molecule has 7 nitrogen and oxygen atoms in total. The predicted molar refractivity (Wildman–Crippen MR) is 119 cm³/mol. The molecule has 1 aliphatic rings. The Kier molecular flexibility index (Phi) is 4.72. The molecule has 0 bridgehead atoms. The Balaban J connectivity index is 1.46. The zero-order valence-corrected chi connectivity index (χ0v) is 18.5. The maximum atomic E-state index is 12.8. The lowest BCUT2D eigenvalue weighted by molar-refractivity contribution is 0.509. The third-order valence-electron chi connectivity index (χ3n) is 5.26. The Hall–Kier alpha value is -2.17. The van der Waals surface area contributed by atoms with E-state index in [9.17, 15) is 4.79 Å². The molecule has 150 valence electrons. The van der Waals surface area contributed by atoms with Gasteiger partial charge in [0, 0.05) is 4.88 Å². The first kappa shape index (κ1) is 18.8. The maximum absolute atomic E-state index is 12.8. The summed E-state index contributed by atoms with van der Waals surface area (Å²) in [6.45, 7) is 4.26. The van der Waals surface area contributed by atoms with Crippen LogP contribution in [0.25, 0.3) is 20.9 Å². The average molecular weight is 445 g/mol. The number of hydrogen-bond acceptors (Lipinski definition) is 8. The van der Waals surface area contributed by atoms with E-state index >= 15 is 0 Å². The summed E-state index contributed by atoms with van der Waals surface area (Å²) in [6.07, 6.45) is 3.13. The van der Waals surface area contributed by atoms with Gasteiger partial charge in [0.05, 0.1) is 15.5 Å². The number of aromatic amines is 1. The number of H-pyrrole nitrogens is 1. The van der Waals surface area contributed by atoms with Crippen LogP contribution in [-0.2, 0) is 12.8 Å². The highest BCUT2D eigenvalue weighted by molar-refractivity contribution is 7.99. The van der Waals surface area contributed by atoms with E-state index in [4.69, 9.17) is 10.8 Å². The molecule has 29 heavy (non-hydrogen) atoms. The number of nitrogens with zero attached hydrogens (tertiary/aromatic N) is 4. The van der Waals surface area contributed by atoms with Crippen molar-refractivity contribution in [2.75, 3.05) is 5.84 Å². The minimum atomic E-state index is -0.118. The van der Waals surface area contributed by atoms with Crippen LogP contribution in [0.4, 0.5) is 0 Å². The Morgan fingerprint density at radius 3 is 3.07 bits per heavy atom. The van der Waals surface area contributed by atoms with Crippen LogP contribution in [0.5, 0.6) is 0 Å². The van der Waals surface area contributed by atoms with Crippen LogP contribution in [0.3, 0.4) is 0 Å². The van der Waals surface area contributed by atoms with E-state index < -0.39 is 0 Å². The Morgan fingerprint density at radius 2 is 2.28 bits per heavy atom. The summed E-state index contributed by atoms with van der Waals surface area (Å²) in [7, 11) is 0. The van der Waals surface area contributed by atoms with Crippen molar-refractivity contribution in [2.45, 2.75) is 43.5 Å². The van der Waals surface area contributed by atoms with Crippen LogP contribution in [0.1, 0.15) is 41.8 Å². The summed E-state index contributed by atoms with van der Waals surface area (Å²) in [5, 5.41) is 11.7. The predicted octanol–water partition coefficient (Wildman–Crippen LogP) is 4.00. The highest BCUT2D eigenvalue weighted by Crippen LogP contribution is 2.38. The lowest BCUT2D eigenvalue weighted by atomic mass is 9.89. The first-order valence-corrected chi connectivity index (χ1v) is 12.0. The fourth-order valence-corrected chi connectivity index (χ4v) is 6.63. The van der Waals surface area contributed by atoms with Crippen LogP contribution in [0, 0.1) is 5.92 Å². The first-order valence-electron chi connectivity index (χ1n) is 9.46. The summed E-state index contributed by atoms with van der Waals surface area (Å²) in [6, 6.07) is 3.91. The Labute approximate surface area is 179 Å². The molecular weight excluding hydrogens is 424 g/mol. The molecule has 5 rings (SSSR count). The average Bonchev–Trinajstić information content (AvgIpc) is 3.40. The van der Waals surface area contributed by atoms with Gasteiger partial charge in [0.2, 0.25) is 5.16 Å². The fourth-order valence-electron chi connectivity index (χ4n) is 3.70. The fraction of sp³-hybridized carbons (Fsp3) is 0.368. The topological polar surface area (TPSA) is 102 Å². The van der Waals surface area contributed by atoms with Crippen molar-refractivity contribution >= 4 is 44.7 Å². The van der Waals surface area contributed by atoms with Gasteiger partial charge in [-0.05, 0) is 49.1 Å². The van der Waals surface area contributed by atoms with E-state index in [1.54, 1.807) is 22.7 Å². The number of rotatable bonds is 4. The number of aromatic nitrogens is 5. The van der Waals surface area contributed by atoms with Gasteiger partial charge in [-0.1, -0.05) is 24.8 Å². The molecule has 0 fully saturated rings. The van der Waals surface area contributed by atoms with Crippen molar-refractivity contribution < 1.29 is 0 Å². The summed E-state index contributed by atoms with van der Waals surface area (Å²) in [5.41, 5.74) is 1.16. The van der Waals surface area contributed by atoms with Crippen LogP contribution in [0.2, 0.25) is 0 Å². The molecule has 0 saturated heterocycles. The van der Waals surface area contributed by atoms with E-state index in [0.29, 0.717) is 22.7 Å². The van der Waals surface area contributed by atoms with Crippen LogP contribution >= 0.6 is 34.4 Å². The zero-order chi connectivity index (χ0) is 20.1. The number of nitrogens with one attached hydrogen (secondary N) is 1. The van der Waals surface area contributed by atoms with E-state index in [1.807, 2.05) is 24.4 Å². The number of thioether (sulfide) groups is 1. The minimum absolute atomic E-state index is 0.0435. The number of hydrogen-bond donors (Lipinski definition) is 2. The molecule has 0 spiro atoms. The molecule has 0 radical (unpaired) electrons. The van der Waals surface area contributed by atoms with Crippen LogP contribution in [0.15, 0.2) is 27.5 Å². The highest BCUT2D eigenvalue weighted by Gasteiger charge is 2.24. The van der Waals surface area contributed by atoms with Gasteiger partial charge in [0.25, 0.3) is 5.56 Å². The summed E-state index contributed by atoms with van der Waals surface area (Å²) >= 11 is 4.66. The highest BCUT2D eigenvalue weighted by atomic mass is 32.2. The smallest absolute Gasteiger partial charge is 0.259 e. The standard InChI is InChI=1S/C19H20N6OS3/c1-9-5-6-11-13(8-9)29-18-14(11)17(26)21-15(22-18)10(2)28-19-24-23-16(25(19)20)12-4-3-7-27-12/h3-4,7,9-10H,5-6,8,20H2,1-2H3,(H,21,22,26)/t9-,10+/m0/s1. The maximum Gasteiger partial charge on any atom is 0.259 e. The molecular formula is C19H20N6OS3. The molecule has 0 unspecified atom stereocenters. The molecule has 10 heteroatoms. The van der Waals surface area contributed by atoms with Gasteiger partial charge in [0.1, 0.15) is 10.7 Å². The number of fused-ring (bicyclic) bond motifs is 3. The molecule has 0 amide bonds. The number of nitrogens with two attached hydrogens (primary N) is 1. The molecule has 0 aliphatic heterocycles. The molecule has 4 heterocycles. The van der Waals surface area contributed by atoms with E-state index in [2.05, 4.69) is 22.1 Å². The SMILES string of the molecule is C[C@H]1CCc2c(sc3nc([C@@H](C)Sc4nnc(-c5cccs5)n4N)[nH]c(=O)c23)C1. The summed E-state index contributed by atoms with van der Waals surface area (Å²) in [4.78, 5) is 23.7. The normalized spacial score (nSPS) is 17.5. The third-order valence-corrected chi connectivity index (χ3v) is 8.34. The molecule has 4 aromatic rings. The molecule has 3 N–H and O–H groups in total. The lowest BCUT2D eigenvalue weighted by Crippen LogP contribution is -2.16. The third kappa shape index (κ3) is 3.28. The van der Waals surface area contributed by atoms with Crippen LogP contribution in [-0.4, -0.2) is 24.8 Å². The van der Waals surface area contributed by atoms with Gasteiger partial charge < -0.3 is 10.8 Å². The lowest BCUT2D eigenvalue weighted by Gasteiger charge is -2.17. The van der Waals surface area contributed by atoms with Crippen molar-refractivity contribution in [3.8, 4) is 10.7 Å². The first-order chi connectivity index (χ1) is 14.0. The number of thiophene rings is 2. The van der Waals surface area contributed by atoms with Gasteiger partial charge in [-0.15, -0.1) is 32.9 Å². The summed E-state index contributed by atoms with van der Waals surface area (Å²) < 4.78 is 1.49. The van der Waals surface area contributed by atoms with Crippen molar-refractivity contribution in [3.63, 3.8) is 0 Å². The molecule has 0 aromatic carbocycles. The molecule has 0 saturated carbocycles. The quantitative estimate of drug-likeness (QED) is 0.364. The molecule has 1 aliphatic carbocycles. The Bertz CT molecular complexity index is 1240. The minimum Gasteiger partial charge on any atom is -0.335 e. The number of aryl methyl sites for hydroxylation is 1. The summed E-state index contributed by atoms with van der Waals surface area (Å²) in [5.74, 6) is 8.14. The Morgan fingerprint density at radius 1 is 1.41 bits per heavy atom. The van der Waals surface area contributed by atoms with Crippen molar-refractivity contribution in [1.82, 2.24) is 24.8 Å². The van der Waals surface area contributed by atoms with Gasteiger partial charge in [0.15, 0.2) is 5.82 Å². The van der Waals surface area contributed by atoms with Gasteiger partial charge in [-0.2, -0.15) is 0 Å². The van der Waals surface area contributed by atoms with E-state index in [-0.39, 0.29) is 10.8 Å². The molecule has 4 aromatic heterocycles. The largest absolute Gasteiger partial charge is 0.335 e. The number of nitrogen functional groups attached to an aromatic ring is 1. The van der Waals surface area contributed by atoms with Gasteiger partial charge in [-0.3, -0.25) is 4.79 Å². The van der Waals surface area contributed by atoms with E-state index in [1.165, 1.54) is 26.9 Å². The van der Waals surface area contributed by atoms with Crippen molar-refractivity contribution in [1.29, 1.82) is 0 Å². The van der Waals surface area contributed by atoms with Crippen LogP contribution < -0.4 is 11.4 Å². The zero-order valence-electron chi connectivity index (χ0n) is 16.0. The van der Waals surface area contributed by atoms with Crippen molar-refractivity contribution in [2.24, 2.45) is 5.92 Å².